The van der Waals surface area contributed by atoms with Gasteiger partial charge < -0.3 is 5.32 Å². The maximum Gasteiger partial charge on any atom is 0.105 e. The molecule has 3 atom stereocenters. The van der Waals surface area contributed by atoms with Gasteiger partial charge in [-0.15, -0.1) is 0 Å². The SMILES string of the molecule is C[C@@H](C1=NC(c2ccccc2)C(c2ccccc2)N1)c1ccccc1. The molecule has 1 aliphatic heterocycles. The lowest BCUT2D eigenvalue weighted by Gasteiger charge is -2.20. The predicted octanol–water partition coefficient (Wildman–Crippen LogP) is 5.27. The maximum absolute atomic E-state index is 5.10. The van der Waals surface area contributed by atoms with Crippen molar-refractivity contribution in [3.8, 4) is 0 Å². The fraction of sp³-hybridized carbons (Fsp3) is 0.174. The number of amidine groups is 1. The predicted molar refractivity (Wildman–Crippen MR) is 104 cm³/mol. The van der Waals surface area contributed by atoms with Crippen molar-refractivity contribution >= 4 is 5.84 Å². The molecule has 0 amide bonds. The molecule has 0 aliphatic carbocycles. The lowest BCUT2D eigenvalue weighted by molar-refractivity contribution is 0.571. The van der Waals surface area contributed by atoms with Gasteiger partial charge in [-0.1, -0.05) is 97.9 Å². The Morgan fingerprint density at radius 1 is 0.720 bits per heavy atom. The van der Waals surface area contributed by atoms with Gasteiger partial charge in [-0.05, 0) is 16.7 Å². The second-order valence-corrected chi connectivity index (χ2v) is 6.53. The van der Waals surface area contributed by atoms with Crippen LogP contribution in [-0.4, -0.2) is 5.84 Å². The summed E-state index contributed by atoms with van der Waals surface area (Å²) in [5.41, 5.74) is 3.81. The van der Waals surface area contributed by atoms with E-state index in [1.807, 2.05) is 0 Å². The van der Waals surface area contributed by atoms with Crippen LogP contribution in [-0.2, 0) is 0 Å². The van der Waals surface area contributed by atoms with Crippen LogP contribution in [0.4, 0.5) is 0 Å². The van der Waals surface area contributed by atoms with Crippen molar-refractivity contribution in [2.75, 3.05) is 0 Å². The van der Waals surface area contributed by atoms with Crippen LogP contribution in [0, 0.1) is 0 Å². The van der Waals surface area contributed by atoms with E-state index in [0.717, 1.165) is 5.84 Å². The van der Waals surface area contributed by atoms with Gasteiger partial charge >= 0.3 is 0 Å². The Labute approximate surface area is 149 Å². The molecule has 2 nitrogen and oxygen atoms in total. The van der Waals surface area contributed by atoms with E-state index in [1.165, 1.54) is 16.7 Å². The maximum atomic E-state index is 5.10. The van der Waals surface area contributed by atoms with Crippen molar-refractivity contribution < 1.29 is 0 Å². The summed E-state index contributed by atoms with van der Waals surface area (Å²) in [5.74, 6) is 1.31. The normalized spacial score (nSPS) is 20.6. The third-order valence-corrected chi connectivity index (χ3v) is 4.91. The highest BCUT2D eigenvalue weighted by Crippen LogP contribution is 2.38. The lowest BCUT2D eigenvalue weighted by Crippen LogP contribution is -2.27. The summed E-state index contributed by atoms with van der Waals surface area (Å²) in [6.07, 6.45) is 0. The molecule has 4 rings (SSSR count). The molecule has 1 N–H and O–H groups in total. The summed E-state index contributed by atoms with van der Waals surface area (Å²) in [5, 5.41) is 3.70. The third-order valence-electron chi connectivity index (χ3n) is 4.91. The van der Waals surface area contributed by atoms with E-state index in [1.54, 1.807) is 0 Å². The molecule has 3 aromatic rings. The molecule has 2 heteroatoms. The summed E-state index contributed by atoms with van der Waals surface area (Å²) in [4.78, 5) is 5.10. The molecule has 0 spiro atoms. The number of hydrogen-bond donors (Lipinski definition) is 1. The molecule has 25 heavy (non-hydrogen) atoms. The zero-order valence-electron chi connectivity index (χ0n) is 14.3. The molecule has 124 valence electrons. The van der Waals surface area contributed by atoms with E-state index >= 15 is 0 Å². The second-order valence-electron chi connectivity index (χ2n) is 6.53. The molecular weight excluding hydrogens is 304 g/mol. The Balaban J connectivity index is 1.70. The molecule has 0 fully saturated rings. The Bertz CT molecular complexity index is 841. The van der Waals surface area contributed by atoms with Gasteiger partial charge in [0.1, 0.15) is 11.9 Å². The zero-order valence-corrected chi connectivity index (χ0v) is 14.3. The van der Waals surface area contributed by atoms with E-state index in [9.17, 15) is 0 Å². The number of aliphatic imine (C=N–C) groups is 1. The molecule has 0 bridgehead atoms. The van der Waals surface area contributed by atoms with E-state index in [-0.39, 0.29) is 18.0 Å². The topological polar surface area (TPSA) is 24.4 Å². The first-order chi connectivity index (χ1) is 12.3. The van der Waals surface area contributed by atoms with Gasteiger partial charge in [-0.25, -0.2) is 0 Å². The van der Waals surface area contributed by atoms with Crippen LogP contribution in [0.2, 0.25) is 0 Å². The Hall–Kier alpha value is -2.87. The lowest BCUT2D eigenvalue weighted by atomic mass is 9.95. The van der Waals surface area contributed by atoms with Gasteiger partial charge in [-0.2, -0.15) is 0 Å². The smallest absolute Gasteiger partial charge is 0.105 e. The van der Waals surface area contributed by atoms with Crippen LogP contribution < -0.4 is 5.32 Å². The van der Waals surface area contributed by atoms with Crippen LogP contribution in [0.25, 0.3) is 0 Å². The Kier molecular flexibility index (Phi) is 4.34. The third kappa shape index (κ3) is 3.20. The number of nitrogens with zero attached hydrogens (tertiary/aromatic N) is 1. The van der Waals surface area contributed by atoms with Gasteiger partial charge in [0, 0.05) is 5.92 Å². The molecule has 1 aliphatic rings. The van der Waals surface area contributed by atoms with Crippen LogP contribution in [0.15, 0.2) is 96.0 Å². The number of nitrogens with one attached hydrogen (secondary N) is 1. The largest absolute Gasteiger partial charge is 0.364 e. The van der Waals surface area contributed by atoms with Gasteiger partial charge in [0.05, 0.1) is 6.04 Å². The van der Waals surface area contributed by atoms with Crippen LogP contribution >= 0.6 is 0 Å². The Morgan fingerprint density at radius 3 is 1.84 bits per heavy atom. The van der Waals surface area contributed by atoms with Crippen molar-refractivity contribution in [2.45, 2.75) is 24.9 Å². The highest BCUT2D eigenvalue weighted by Gasteiger charge is 2.33. The number of benzene rings is 3. The quantitative estimate of drug-likeness (QED) is 0.693. The van der Waals surface area contributed by atoms with E-state index < -0.39 is 0 Å². The number of hydrogen-bond acceptors (Lipinski definition) is 2. The van der Waals surface area contributed by atoms with E-state index in [4.69, 9.17) is 4.99 Å². The molecule has 0 radical (unpaired) electrons. The minimum absolute atomic E-state index is 0.102. The molecular formula is C23H22N2. The first-order valence-electron chi connectivity index (χ1n) is 8.82. The molecule has 0 aromatic heterocycles. The number of rotatable bonds is 4. The summed E-state index contributed by atoms with van der Waals surface area (Å²) in [6.45, 7) is 2.22. The van der Waals surface area contributed by atoms with E-state index in [2.05, 4.69) is 103 Å². The first kappa shape index (κ1) is 15.6. The van der Waals surface area contributed by atoms with Crippen molar-refractivity contribution in [2.24, 2.45) is 4.99 Å². The van der Waals surface area contributed by atoms with Gasteiger partial charge in [0.25, 0.3) is 0 Å². The summed E-state index contributed by atoms with van der Waals surface area (Å²) in [7, 11) is 0. The summed E-state index contributed by atoms with van der Waals surface area (Å²) < 4.78 is 0. The van der Waals surface area contributed by atoms with Crippen molar-refractivity contribution in [1.29, 1.82) is 0 Å². The molecule has 2 unspecified atom stereocenters. The molecule has 0 saturated heterocycles. The average Bonchev–Trinajstić information content (AvgIpc) is 3.15. The van der Waals surface area contributed by atoms with E-state index in [0.29, 0.717) is 0 Å². The van der Waals surface area contributed by atoms with Crippen molar-refractivity contribution in [1.82, 2.24) is 5.32 Å². The van der Waals surface area contributed by atoms with Crippen LogP contribution in [0.5, 0.6) is 0 Å². The highest BCUT2D eigenvalue weighted by molar-refractivity contribution is 5.91. The highest BCUT2D eigenvalue weighted by atomic mass is 15.1. The van der Waals surface area contributed by atoms with Gasteiger partial charge in [-0.3, -0.25) is 4.99 Å². The molecule has 0 saturated carbocycles. The fourth-order valence-electron chi connectivity index (χ4n) is 3.48. The monoisotopic (exact) mass is 326 g/mol. The summed E-state index contributed by atoms with van der Waals surface area (Å²) >= 11 is 0. The van der Waals surface area contributed by atoms with Crippen molar-refractivity contribution in [3.63, 3.8) is 0 Å². The van der Waals surface area contributed by atoms with Gasteiger partial charge in [0.15, 0.2) is 0 Å². The zero-order chi connectivity index (χ0) is 17.1. The van der Waals surface area contributed by atoms with Crippen LogP contribution in [0.1, 0.15) is 41.6 Å². The molecule has 3 aromatic carbocycles. The minimum atomic E-state index is 0.102. The average molecular weight is 326 g/mol. The Morgan fingerprint density at radius 2 is 1.24 bits per heavy atom. The van der Waals surface area contributed by atoms with Crippen molar-refractivity contribution in [3.05, 3.63) is 108 Å². The van der Waals surface area contributed by atoms with Crippen LogP contribution in [0.3, 0.4) is 0 Å². The summed E-state index contributed by atoms with van der Waals surface area (Å²) in [6, 6.07) is 32.0. The second kappa shape index (κ2) is 6.94. The molecule has 1 heterocycles. The first-order valence-corrected chi connectivity index (χ1v) is 8.82. The fourth-order valence-corrected chi connectivity index (χ4v) is 3.48. The minimum Gasteiger partial charge on any atom is -0.364 e. The standard InChI is InChI=1S/C23H22N2/c1-17(18-11-5-2-6-12-18)23-24-21(19-13-7-3-8-14-19)22(25-23)20-15-9-4-10-16-20/h2-17,21-22H,1H3,(H,24,25)/t17-,21?,22?/m1/s1. The van der Waals surface area contributed by atoms with Gasteiger partial charge in [0.2, 0.25) is 0 Å².